The Morgan fingerprint density at radius 3 is 2.37 bits per heavy atom. The molecule has 0 radical (unpaired) electrons. The molecule has 0 saturated carbocycles. The van der Waals surface area contributed by atoms with Crippen LogP contribution in [0.15, 0.2) is 66.7 Å². The fourth-order valence-corrected chi connectivity index (χ4v) is 2.29. The molecule has 1 nitrogen and oxygen atoms in total. The molecule has 2 heteroatoms. The van der Waals surface area contributed by atoms with Gasteiger partial charge in [-0.25, -0.2) is 0 Å². The first-order valence-corrected chi connectivity index (χ1v) is 6.71. The molecule has 0 aliphatic heterocycles. The summed E-state index contributed by atoms with van der Waals surface area (Å²) in [7, 11) is 0. The van der Waals surface area contributed by atoms with E-state index in [0.29, 0.717) is 5.88 Å². The van der Waals surface area contributed by atoms with Crippen LogP contribution in [0, 0.1) is 0 Å². The third-order valence-corrected chi connectivity index (χ3v) is 3.35. The maximum Gasteiger partial charge on any atom is 0.131 e. The lowest BCUT2D eigenvalue weighted by Crippen LogP contribution is -1.89. The standard InChI is InChI=1S/C17H13ClO/c18-12-15-7-3-4-8-17(15)19-16-10-9-13-5-1-2-6-14(13)11-16/h1-11H,12H2. The maximum atomic E-state index is 5.92. The van der Waals surface area contributed by atoms with Gasteiger partial charge in [0.2, 0.25) is 0 Å². The minimum Gasteiger partial charge on any atom is -0.457 e. The number of halogens is 1. The van der Waals surface area contributed by atoms with E-state index in [-0.39, 0.29) is 0 Å². The highest BCUT2D eigenvalue weighted by Crippen LogP contribution is 2.28. The minimum atomic E-state index is 0.448. The number of hydrogen-bond acceptors (Lipinski definition) is 1. The first-order valence-electron chi connectivity index (χ1n) is 6.17. The van der Waals surface area contributed by atoms with Gasteiger partial charge in [-0.05, 0) is 29.0 Å². The Bertz CT molecular complexity index is 706. The van der Waals surface area contributed by atoms with E-state index in [9.17, 15) is 0 Å². The smallest absolute Gasteiger partial charge is 0.131 e. The second kappa shape index (κ2) is 5.33. The van der Waals surface area contributed by atoms with Gasteiger partial charge in [0, 0.05) is 5.56 Å². The van der Waals surface area contributed by atoms with Crippen LogP contribution in [0.2, 0.25) is 0 Å². The largest absolute Gasteiger partial charge is 0.457 e. The van der Waals surface area contributed by atoms with Crippen molar-refractivity contribution in [3.63, 3.8) is 0 Å². The molecule has 0 fully saturated rings. The molecule has 0 spiro atoms. The summed E-state index contributed by atoms with van der Waals surface area (Å²) < 4.78 is 5.92. The predicted molar refractivity (Wildman–Crippen MR) is 80.0 cm³/mol. The molecule has 0 saturated heterocycles. The fourth-order valence-electron chi connectivity index (χ4n) is 2.07. The summed E-state index contributed by atoms with van der Waals surface area (Å²) in [5.74, 6) is 2.09. The molecule has 0 amide bonds. The van der Waals surface area contributed by atoms with Crippen LogP contribution < -0.4 is 4.74 Å². The molecule has 0 aliphatic carbocycles. The SMILES string of the molecule is ClCc1ccccc1Oc1ccc2ccccc2c1. The Morgan fingerprint density at radius 1 is 0.789 bits per heavy atom. The molecular formula is C17H13ClO. The van der Waals surface area contributed by atoms with Crippen molar-refractivity contribution in [2.24, 2.45) is 0 Å². The first-order chi connectivity index (χ1) is 9.36. The van der Waals surface area contributed by atoms with E-state index in [2.05, 4.69) is 18.2 Å². The van der Waals surface area contributed by atoms with Crippen LogP contribution in [0.3, 0.4) is 0 Å². The number of alkyl halides is 1. The molecule has 19 heavy (non-hydrogen) atoms. The molecule has 3 aromatic rings. The van der Waals surface area contributed by atoms with Crippen LogP contribution in [0.5, 0.6) is 11.5 Å². The van der Waals surface area contributed by atoms with E-state index in [1.54, 1.807) is 0 Å². The highest BCUT2D eigenvalue weighted by molar-refractivity contribution is 6.17. The van der Waals surface area contributed by atoms with Crippen molar-refractivity contribution in [2.75, 3.05) is 0 Å². The van der Waals surface area contributed by atoms with Crippen molar-refractivity contribution in [1.29, 1.82) is 0 Å². The fraction of sp³-hybridized carbons (Fsp3) is 0.0588. The average Bonchev–Trinajstić information content (AvgIpc) is 2.48. The summed E-state index contributed by atoms with van der Waals surface area (Å²) in [6.07, 6.45) is 0. The van der Waals surface area contributed by atoms with Crippen LogP contribution in [0.25, 0.3) is 10.8 Å². The number of hydrogen-bond donors (Lipinski definition) is 0. The number of ether oxygens (including phenoxy) is 1. The molecule has 94 valence electrons. The topological polar surface area (TPSA) is 9.23 Å². The Hall–Kier alpha value is -1.99. The number of fused-ring (bicyclic) bond motifs is 1. The molecule has 3 aromatic carbocycles. The van der Waals surface area contributed by atoms with Gasteiger partial charge in [0.05, 0.1) is 5.88 Å². The van der Waals surface area contributed by atoms with Crippen LogP contribution in [0.4, 0.5) is 0 Å². The van der Waals surface area contributed by atoms with Gasteiger partial charge in [0.15, 0.2) is 0 Å². The second-order valence-corrected chi connectivity index (χ2v) is 4.62. The first kappa shape index (κ1) is 12.1. The molecule has 0 aromatic heterocycles. The molecule has 0 atom stereocenters. The molecule has 0 aliphatic rings. The molecule has 0 unspecified atom stereocenters. The van der Waals surface area contributed by atoms with Crippen LogP contribution in [0.1, 0.15) is 5.56 Å². The van der Waals surface area contributed by atoms with E-state index < -0.39 is 0 Å². The Labute approximate surface area is 117 Å². The lowest BCUT2D eigenvalue weighted by atomic mass is 10.1. The van der Waals surface area contributed by atoms with Gasteiger partial charge in [0.25, 0.3) is 0 Å². The highest BCUT2D eigenvalue weighted by Gasteiger charge is 2.03. The molecular weight excluding hydrogens is 256 g/mol. The number of benzene rings is 3. The van der Waals surface area contributed by atoms with Crippen molar-refractivity contribution in [1.82, 2.24) is 0 Å². The Balaban J connectivity index is 1.96. The van der Waals surface area contributed by atoms with E-state index in [0.717, 1.165) is 17.1 Å². The molecule has 0 bridgehead atoms. The van der Waals surface area contributed by atoms with Crippen molar-refractivity contribution in [3.05, 3.63) is 72.3 Å². The summed E-state index contributed by atoms with van der Waals surface area (Å²) in [5, 5.41) is 2.38. The number of para-hydroxylation sites is 1. The summed E-state index contributed by atoms with van der Waals surface area (Å²) in [5.41, 5.74) is 0.998. The van der Waals surface area contributed by atoms with Crippen molar-refractivity contribution < 1.29 is 4.74 Å². The minimum absolute atomic E-state index is 0.448. The Kier molecular flexibility index (Phi) is 3.39. The quantitative estimate of drug-likeness (QED) is 0.580. The van der Waals surface area contributed by atoms with Gasteiger partial charge in [-0.1, -0.05) is 48.5 Å². The lowest BCUT2D eigenvalue weighted by molar-refractivity contribution is 0.479. The van der Waals surface area contributed by atoms with Crippen LogP contribution >= 0.6 is 11.6 Å². The van der Waals surface area contributed by atoms with Crippen LogP contribution in [-0.4, -0.2) is 0 Å². The zero-order valence-electron chi connectivity index (χ0n) is 10.3. The zero-order chi connectivity index (χ0) is 13.1. The summed E-state index contributed by atoms with van der Waals surface area (Å²) in [6.45, 7) is 0. The van der Waals surface area contributed by atoms with Gasteiger partial charge in [-0.15, -0.1) is 11.6 Å². The van der Waals surface area contributed by atoms with E-state index in [1.165, 1.54) is 10.8 Å². The molecule has 0 heterocycles. The molecule has 0 N–H and O–H groups in total. The van der Waals surface area contributed by atoms with E-state index in [4.69, 9.17) is 16.3 Å². The van der Waals surface area contributed by atoms with Gasteiger partial charge < -0.3 is 4.74 Å². The van der Waals surface area contributed by atoms with E-state index in [1.807, 2.05) is 48.5 Å². The Morgan fingerprint density at radius 2 is 1.53 bits per heavy atom. The van der Waals surface area contributed by atoms with Crippen molar-refractivity contribution >= 4 is 22.4 Å². The third kappa shape index (κ3) is 2.56. The van der Waals surface area contributed by atoms with Gasteiger partial charge in [-0.2, -0.15) is 0 Å². The summed E-state index contributed by atoms with van der Waals surface area (Å²) in [6, 6.07) is 22.1. The molecule has 3 rings (SSSR count). The van der Waals surface area contributed by atoms with E-state index >= 15 is 0 Å². The zero-order valence-corrected chi connectivity index (χ0v) is 11.1. The van der Waals surface area contributed by atoms with Gasteiger partial charge in [-0.3, -0.25) is 0 Å². The van der Waals surface area contributed by atoms with Gasteiger partial charge in [0.1, 0.15) is 11.5 Å². The van der Waals surface area contributed by atoms with Crippen LogP contribution in [-0.2, 0) is 5.88 Å². The monoisotopic (exact) mass is 268 g/mol. The van der Waals surface area contributed by atoms with Crippen molar-refractivity contribution in [2.45, 2.75) is 5.88 Å². The normalized spacial score (nSPS) is 10.6. The average molecular weight is 269 g/mol. The lowest BCUT2D eigenvalue weighted by Gasteiger charge is -2.10. The third-order valence-electron chi connectivity index (χ3n) is 3.07. The summed E-state index contributed by atoms with van der Waals surface area (Å²) >= 11 is 5.91. The van der Waals surface area contributed by atoms with Crippen molar-refractivity contribution in [3.8, 4) is 11.5 Å². The predicted octanol–water partition coefficient (Wildman–Crippen LogP) is 5.37. The second-order valence-electron chi connectivity index (χ2n) is 4.35. The van der Waals surface area contributed by atoms with Gasteiger partial charge >= 0.3 is 0 Å². The summed E-state index contributed by atoms with van der Waals surface area (Å²) in [4.78, 5) is 0. The maximum absolute atomic E-state index is 5.92. The number of rotatable bonds is 3. The highest BCUT2D eigenvalue weighted by atomic mass is 35.5.